The van der Waals surface area contributed by atoms with Crippen LogP contribution in [0.4, 0.5) is 0 Å². The normalized spacial score (nSPS) is 18.1. The molecule has 2 aliphatic heterocycles. The van der Waals surface area contributed by atoms with Crippen molar-refractivity contribution in [1.29, 1.82) is 0 Å². The first kappa shape index (κ1) is 18.8. The van der Waals surface area contributed by atoms with Crippen LogP contribution in [-0.2, 0) is 35.8 Å². The van der Waals surface area contributed by atoms with E-state index < -0.39 is 0 Å². The highest BCUT2D eigenvalue weighted by molar-refractivity contribution is 5.78. The van der Waals surface area contributed by atoms with Gasteiger partial charge in [-0.15, -0.1) is 0 Å². The van der Waals surface area contributed by atoms with E-state index in [1.54, 1.807) is 4.57 Å². The number of hydrogen-bond acceptors (Lipinski definition) is 4. The fraction of sp³-hybridized carbons (Fsp3) is 0.292. The van der Waals surface area contributed by atoms with Gasteiger partial charge in [0.25, 0.3) is 5.56 Å². The molecule has 0 aliphatic carbocycles. The zero-order valence-electron chi connectivity index (χ0n) is 16.7. The number of rotatable bonds is 5. The summed E-state index contributed by atoms with van der Waals surface area (Å²) in [5.74, 6) is 0.760. The van der Waals surface area contributed by atoms with E-state index in [4.69, 9.17) is 9.72 Å². The Balaban J connectivity index is 1.57. The van der Waals surface area contributed by atoms with Gasteiger partial charge < -0.3 is 9.64 Å². The van der Waals surface area contributed by atoms with Crippen LogP contribution < -0.4 is 5.56 Å². The van der Waals surface area contributed by atoms with Gasteiger partial charge in [-0.3, -0.25) is 14.2 Å². The SMILES string of the molecule is O=C1CCC(c2nc3c(c(=O)n2Cc2ccccc2)COC3)N1Cc1ccccc1. The Morgan fingerprint density at radius 1 is 0.900 bits per heavy atom. The van der Waals surface area contributed by atoms with Crippen LogP contribution in [0.5, 0.6) is 0 Å². The standard InChI is InChI=1S/C24H23N3O3/c28-22-12-11-21(26(22)13-17-7-3-1-4-8-17)23-25-20-16-30-15-19(20)24(29)27(23)14-18-9-5-2-6-10-18/h1-10,21H,11-16H2. The highest BCUT2D eigenvalue weighted by Gasteiger charge is 2.36. The van der Waals surface area contributed by atoms with Crippen molar-refractivity contribution in [1.82, 2.24) is 14.5 Å². The molecular formula is C24H23N3O3. The molecule has 1 amide bonds. The Bertz CT molecular complexity index is 1130. The van der Waals surface area contributed by atoms with Crippen molar-refractivity contribution in [3.8, 4) is 0 Å². The molecule has 2 aliphatic rings. The molecule has 1 saturated heterocycles. The minimum absolute atomic E-state index is 0.0598. The smallest absolute Gasteiger partial charge is 0.259 e. The van der Waals surface area contributed by atoms with Crippen LogP contribution in [0.3, 0.4) is 0 Å². The summed E-state index contributed by atoms with van der Waals surface area (Å²) in [4.78, 5) is 32.8. The van der Waals surface area contributed by atoms with Gasteiger partial charge in [-0.25, -0.2) is 4.98 Å². The van der Waals surface area contributed by atoms with Crippen molar-refractivity contribution < 1.29 is 9.53 Å². The average molecular weight is 401 g/mol. The maximum Gasteiger partial charge on any atom is 0.259 e. The summed E-state index contributed by atoms with van der Waals surface area (Å²) in [6.07, 6.45) is 1.12. The van der Waals surface area contributed by atoms with Gasteiger partial charge in [0.15, 0.2) is 0 Å². The minimum atomic E-state index is -0.222. The summed E-state index contributed by atoms with van der Waals surface area (Å²) in [5.41, 5.74) is 3.38. The third-order valence-corrected chi connectivity index (χ3v) is 5.87. The van der Waals surface area contributed by atoms with Crippen LogP contribution in [-0.4, -0.2) is 20.4 Å². The fourth-order valence-corrected chi connectivity index (χ4v) is 4.32. The van der Waals surface area contributed by atoms with Crippen molar-refractivity contribution in [3.63, 3.8) is 0 Å². The third kappa shape index (κ3) is 3.44. The number of hydrogen-bond donors (Lipinski definition) is 0. The van der Waals surface area contributed by atoms with Gasteiger partial charge in [-0.05, 0) is 17.5 Å². The van der Waals surface area contributed by atoms with Crippen molar-refractivity contribution in [3.05, 3.63) is 99.2 Å². The molecule has 1 aromatic heterocycles. The number of amides is 1. The number of carbonyl (C=O) groups is 1. The number of aromatic nitrogens is 2. The van der Waals surface area contributed by atoms with Crippen molar-refractivity contribution in [2.75, 3.05) is 0 Å². The highest BCUT2D eigenvalue weighted by atomic mass is 16.5. The number of nitrogens with zero attached hydrogens (tertiary/aromatic N) is 3. The summed E-state index contributed by atoms with van der Waals surface area (Å²) in [5, 5.41) is 0. The molecule has 0 radical (unpaired) electrons. The Hall–Kier alpha value is -3.25. The summed E-state index contributed by atoms with van der Waals surface area (Å²) in [6, 6.07) is 19.6. The molecule has 2 aromatic carbocycles. The van der Waals surface area contributed by atoms with Gasteiger partial charge in [0, 0.05) is 13.0 Å². The lowest BCUT2D eigenvalue weighted by molar-refractivity contribution is -0.129. The number of carbonyl (C=O) groups excluding carboxylic acids is 1. The van der Waals surface area contributed by atoms with Crippen LogP contribution in [0, 0.1) is 0 Å². The maximum atomic E-state index is 13.3. The molecule has 1 fully saturated rings. The number of fused-ring (bicyclic) bond motifs is 1. The van der Waals surface area contributed by atoms with Crippen LogP contribution in [0.1, 0.15) is 47.1 Å². The molecule has 0 spiro atoms. The summed E-state index contributed by atoms with van der Waals surface area (Å²) < 4.78 is 7.25. The molecular weight excluding hydrogens is 378 g/mol. The third-order valence-electron chi connectivity index (χ3n) is 5.87. The van der Waals surface area contributed by atoms with E-state index in [9.17, 15) is 9.59 Å². The number of likely N-dealkylation sites (tertiary alicyclic amines) is 1. The molecule has 0 bridgehead atoms. The monoisotopic (exact) mass is 401 g/mol. The number of benzene rings is 2. The van der Waals surface area contributed by atoms with Gasteiger partial charge in [-0.2, -0.15) is 0 Å². The van der Waals surface area contributed by atoms with E-state index in [1.807, 2.05) is 65.6 Å². The molecule has 1 unspecified atom stereocenters. The average Bonchev–Trinajstić information content (AvgIpc) is 3.39. The topological polar surface area (TPSA) is 64.4 Å². The zero-order chi connectivity index (χ0) is 20.5. The summed E-state index contributed by atoms with van der Waals surface area (Å²) in [6.45, 7) is 1.59. The lowest BCUT2D eigenvalue weighted by Crippen LogP contribution is -2.35. The van der Waals surface area contributed by atoms with Crippen molar-refractivity contribution in [2.24, 2.45) is 0 Å². The Morgan fingerprint density at radius 2 is 1.57 bits per heavy atom. The second kappa shape index (κ2) is 7.88. The lowest BCUT2D eigenvalue weighted by Gasteiger charge is -2.27. The summed E-state index contributed by atoms with van der Waals surface area (Å²) >= 11 is 0. The molecule has 1 atom stereocenters. The van der Waals surface area contributed by atoms with E-state index in [0.717, 1.165) is 11.1 Å². The maximum absolute atomic E-state index is 13.3. The Kier molecular flexibility index (Phi) is 4.93. The van der Waals surface area contributed by atoms with Crippen LogP contribution in [0.2, 0.25) is 0 Å². The fourth-order valence-electron chi connectivity index (χ4n) is 4.32. The van der Waals surface area contributed by atoms with E-state index >= 15 is 0 Å². The largest absolute Gasteiger partial charge is 0.370 e. The molecule has 30 heavy (non-hydrogen) atoms. The van der Waals surface area contributed by atoms with E-state index in [-0.39, 0.29) is 17.5 Å². The van der Waals surface area contributed by atoms with Gasteiger partial charge >= 0.3 is 0 Å². The van der Waals surface area contributed by atoms with E-state index in [0.29, 0.717) is 56.2 Å². The molecule has 0 saturated carbocycles. The van der Waals surface area contributed by atoms with Crippen molar-refractivity contribution in [2.45, 2.75) is 45.2 Å². The van der Waals surface area contributed by atoms with Crippen LogP contribution in [0.15, 0.2) is 65.5 Å². The molecule has 152 valence electrons. The quantitative estimate of drug-likeness (QED) is 0.659. The van der Waals surface area contributed by atoms with Crippen molar-refractivity contribution >= 4 is 5.91 Å². The van der Waals surface area contributed by atoms with Gasteiger partial charge in [0.1, 0.15) is 5.82 Å². The van der Waals surface area contributed by atoms with Crippen LogP contribution in [0.25, 0.3) is 0 Å². The van der Waals surface area contributed by atoms with E-state index in [1.165, 1.54) is 0 Å². The molecule has 0 N–H and O–H groups in total. The Morgan fingerprint density at radius 3 is 2.27 bits per heavy atom. The lowest BCUT2D eigenvalue weighted by atomic mass is 10.1. The Labute approximate surface area is 174 Å². The van der Waals surface area contributed by atoms with Gasteiger partial charge in [-0.1, -0.05) is 60.7 Å². The van der Waals surface area contributed by atoms with Gasteiger partial charge in [0.2, 0.25) is 5.91 Å². The minimum Gasteiger partial charge on any atom is -0.370 e. The zero-order valence-corrected chi connectivity index (χ0v) is 16.7. The molecule has 5 rings (SSSR count). The molecule has 6 heteroatoms. The van der Waals surface area contributed by atoms with Crippen LogP contribution >= 0.6 is 0 Å². The predicted molar refractivity (Wildman–Crippen MR) is 112 cm³/mol. The second-order valence-electron chi connectivity index (χ2n) is 7.83. The first-order valence-electron chi connectivity index (χ1n) is 10.3. The first-order chi connectivity index (χ1) is 14.7. The molecule has 3 aromatic rings. The van der Waals surface area contributed by atoms with E-state index in [2.05, 4.69) is 0 Å². The predicted octanol–water partition coefficient (Wildman–Crippen LogP) is 3.19. The second-order valence-corrected chi connectivity index (χ2v) is 7.83. The van der Waals surface area contributed by atoms with Gasteiger partial charge in [0.05, 0.1) is 37.1 Å². The molecule has 3 heterocycles. The number of ether oxygens (including phenoxy) is 1. The molecule has 6 nitrogen and oxygen atoms in total. The highest BCUT2D eigenvalue weighted by Crippen LogP contribution is 2.34. The summed E-state index contributed by atoms with van der Waals surface area (Å²) in [7, 11) is 0. The first-order valence-corrected chi connectivity index (χ1v) is 10.3.